The Balaban J connectivity index is -0.00000000831. The van der Waals surface area contributed by atoms with Gasteiger partial charge < -0.3 is 184 Å². The largest absolute Gasteiger partial charge is 1.00 e. The molecule has 0 aromatic carbocycles. The minimum atomic E-state index is -2.92. The van der Waals surface area contributed by atoms with E-state index in [0.717, 1.165) is 0 Å². The maximum absolute atomic E-state index is 8.42. The molecule has 0 rings (SSSR count). The zero-order chi connectivity index (χ0) is 42.9. The normalized spacial score (nSPS) is 6.48. The van der Waals surface area contributed by atoms with Crippen LogP contribution >= 0.6 is 0 Å². The molecule has 0 aliphatic heterocycles. The van der Waals surface area contributed by atoms with Crippen LogP contribution < -0.4 is 219 Å². The van der Waals surface area contributed by atoms with E-state index in [0.29, 0.717) is 0 Å². The van der Waals surface area contributed by atoms with Crippen molar-refractivity contribution < 1.29 is 239 Å². The van der Waals surface area contributed by atoms with Crippen molar-refractivity contribution in [2.75, 3.05) is 0 Å². The van der Waals surface area contributed by atoms with Crippen molar-refractivity contribution in [3.8, 4) is 0 Å². The van der Waals surface area contributed by atoms with Gasteiger partial charge >= 0.3 is 54.8 Å². The molecule has 0 unspecified atom stereocenters. The van der Waals surface area contributed by atoms with Crippen LogP contribution in [0, 0.1) is 0 Å². The third-order valence-electron chi connectivity index (χ3n) is 0. The summed E-state index contributed by atoms with van der Waals surface area (Å²) in [4.78, 5) is 0. The fourth-order valence-corrected chi connectivity index (χ4v) is 0. The van der Waals surface area contributed by atoms with Crippen molar-refractivity contribution in [1.82, 2.24) is 0 Å². The molecule has 36 nitrogen and oxygen atoms in total. The number of hydrogen-bond acceptors (Lipinski definition) is 36. The molecule has 50 heavy (non-hydrogen) atoms. The van der Waals surface area contributed by atoms with Crippen LogP contribution in [0.1, 0.15) is 20.0 Å². The molecule has 0 bridgehead atoms. The summed E-state index contributed by atoms with van der Waals surface area (Å²) in [5, 5.41) is 303. The van der Waals surface area contributed by atoms with E-state index in [4.69, 9.17) is 181 Å². The van der Waals surface area contributed by atoms with Crippen molar-refractivity contribution in [2.24, 2.45) is 0 Å². The molecule has 0 heterocycles. The standard InChI is InChI=1S/12BO3.2Li.2H/c12*2-1(3)4;;;;/q12*-3;2*+1;2*-1/p+12. The van der Waals surface area contributed by atoms with Crippen molar-refractivity contribution in [2.45, 2.75) is 0 Å². The van der Waals surface area contributed by atoms with Crippen molar-refractivity contribution in [1.29, 1.82) is 0 Å². The molecular formula is H14B12Li2O36-24. The molecule has 50 heteroatoms. The molecule has 0 aromatic rings. The zero-order valence-electron chi connectivity index (χ0n) is 37.6. The second kappa shape index (κ2) is 87.4. The Bertz CT molecular complexity index is 286. The maximum Gasteiger partial charge on any atom is 1.00 e. The molecule has 0 N–H and O–H groups in total. The summed E-state index contributed by atoms with van der Waals surface area (Å²) >= 11 is 0. The molecule has 0 aromatic heterocycles. The predicted molar refractivity (Wildman–Crippen MR) is 84.6 cm³/mol. The van der Waals surface area contributed by atoms with Gasteiger partial charge in [-0.15, -0.1) is 0 Å². The molecule has 292 valence electrons. The first-order valence-electron chi connectivity index (χ1n) is 8.49. The average molecular weight is 734 g/mol. The molecule has 0 saturated heterocycles. The van der Waals surface area contributed by atoms with Crippen molar-refractivity contribution in [3.05, 3.63) is 0 Å². The van der Waals surface area contributed by atoms with Crippen LogP contribution in [0.25, 0.3) is 0 Å². The van der Waals surface area contributed by atoms with Gasteiger partial charge in [-0.05, 0) is 0 Å². The molecule has 0 atom stereocenters. The van der Waals surface area contributed by atoms with Gasteiger partial charge in [0.2, 0.25) is 0 Å². The van der Waals surface area contributed by atoms with Gasteiger partial charge in [0.05, 0.1) is 0 Å². The zero-order valence-corrected chi connectivity index (χ0v) is 23.6. The van der Waals surface area contributed by atoms with E-state index in [-0.39, 0.29) is 57.7 Å². The predicted octanol–water partition coefficient (Wildman–Crippen LogP) is -51.8. The van der Waals surface area contributed by atoms with Gasteiger partial charge in [0.15, 0.2) is 0 Å². The maximum atomic E-state index is 8.42. The summed E-state index contributed by atoms with van der Waals surface area (Å²) in [6.45, 7) is 0. The second-order valence-corrected chi connectivity index (χ2v) is 3.46. The van der Waals surface area contributed by atoms with Crippen LogP contribution in [0.15, 0.2) is 0 Å². The molecule has 0 saturated carbocycles. The van der Waals surface area contributed by atoms with Crippen LogP contribution in [0.2, 0.25) is 0 Å². The van der Waals surface area contributed by atoms with Crippen molar-refractivity contribution in [3.63, 3.8) is 0 Å². The summed E-state index contributed by atoms with van der Waals surface area (Å²) in [5.41, 5.74) is 0. The van der Waals surface area contributed by atoms with E-state index in [1.807, 2.05) is 0 Å². The van der Waals surface area contributed by atoms with Gasteiger partial charge in [-0.1, -0.05) is 0 Å². The average Bonchev–Trinajstić information content (AvgIpc) is 2.61. The third-order valence-corrected chi connectivity index (χ3v) is 0. The first-order chi connectivity index (χ1) is 20.8. The summed E-state index contributed by atoms with van der Waals surface area (Å²) < 4.78 is 0. The van der Waals surface area contributed by atoms with Gasteiger partial charge in [0.25, 0.3) is 0 Å². The fraction of sp³-hybridized carbons (Fsp3) is 0. The molecule has 0 aliphatic rings. The van der Waals surface area contributed by atoms with Gasteiger partial charge in [-0.25, -0.2) is 0 Å². The Hall–Kier alpha value is 0.534. The topological polar surface area (TPSA) is 830 Å². The van der Waals surface area contributed by atoms with Crippen molar-refractivity contribution >= 4 is 87.9 Å². The summed E-state index contributed by atoms with van der Waals surface area (Å²) in [6.07, 6.45) is 0. The van der Waals surface area contributed by atoms with E-state index < -0.39 is 87.9 Å². The first kappa shape index (κ1) is 92.9. The number of hydrogen-bond donors (Lipinski definition) is 0. The van der Waals surface area contributed by atoms with Crippen LogP contribution in [-0.2, 0) is 0 Å². The fourth-order valence-electron chi connectivity index (χ4n) is 0. The summed E-state index contributed by atoms with van der Waals surface area (Å²) in [6, 6.07) is 0. The van der Waals surface area contributed by atoms with E-state index >= 15 is 0 Å². The number of rotatable bonds is 0. The van der Waals surface area contributed by atoms with Crippen LogP contribution in [0.4, 0.5) is 0 Å². The minimum Gasteiger partial charge on any atom is -1.00 e. The Morgan fingerprint density at radius 3 is 0.140 bits per heavy atom. The molecule has 0 fully saturated rings. The molecule has 0 spiro atoms. The Kier molecular flexibility index (Phi) is 162. The monoisotopic (exact) mass is 736 g/mol. The summed E-state index contributed by atoms with van der Waals surface area (Å²) in [7, 11) is -35.0. The minimum absolute atomic E-state index is 0. The van der Waals surface area contributed by atoms with Gasteiger partial charge in [-0.3, -0.25) is 87.9 Å². The van der Waals surface area contributed by atoms with E-state index in [9.17, 15) is 0 Å². The third kappa shape index (κ3) is 385000. The van der Waals surface area contributed by atoms with E-state index in [1.165, 1.54) is 0 Å². The van der Waals surface area contributed by atoms with E-state index in [2.05, 4.69) is 0 Å². The van der Waals surface area contributed by atoms with Crippen LogP contribution in [0.3, 0.4) is 0 Å². The quantitative estimate of drug-likeness (QED) is 0.208. The molecular weight excluding hydrogens is 720 g/mol. The smallest absolute Gasteiger partial charge is 1.00 e. The SMILES string of the molecule is [H+].[H+].[H+].[H+].[H+].[H+].[H+].[H+].[H+].[H+].[H+].[H+].[H-].[H-].[Li+].[Li+].[O-]B([O-])[O-].[O-]B([O-])[O-].[O-]B([O-])[O-].[O-]B([O-])[O-].[O-]B([O-])[O-].[O-]B([O-])[O-].[O-]B([O-])[O-].[O-]B([O-])[O-].[O-]B([O-])[O-].[O-]B([O-])[O-].[O-]B([O-])[O-].[O-]B([O-])[O-]. The van der Waals surface area contributed by atoms with Crippen LogP contribution in [0.5, 0.6) is 0 Å². The van der Waals surface area contributed by atoms with Crippen LogP contribution in [-0.4, -0.2) is 87.9 Å². The summed E-state index contributed by atoms with van der Waals surface area (Å²) in [5.74, 6) is 0. The Morgan fingerprint density at radius 1 is 0.140 bits per heavy atom. The molecule has 0 amide bonds. The Morgan fingerprint density at radius 2 is 0.140 bits per heavy atom. The Labute approximate surface area is 327 Å². The second-order valence-electron chi connectivity index (χ2n) is 3.46. The van der Waals surface area contributed by atoms with Gasteiger partial charge in [0, 0.05) is 0 Å². The van der Waals surface area contributed by atoms with Gasteiger partial charge in [0.1, 0.15) is 0 Å². The molecule has 0 aliphatic carbocycles. The first-order valence-corrected chi connectivity index (χ1v) is 8.49. The van der Waals surface area contributed by atoms with E-state index in [1.54, 1.807) is 0 Å². The van der Waals surface area contributed by atoms with Gasteiger partial charge in [-0.2, -0.15) is 0 Å². The molecule has 0 radical (unpaired) electrons.